The van der Waals surface area contributed by atoms with E-state index in [1.54, 1.807) is 0 Å². The van der Waals surface area contributed by atoms with Crippen LogP contribution in [0.1, 0.15) is 48.3 Å². The van der Waals surface area contributed by atoms with Gasteiger partial charge in [0, 0.05) is 18.8 Å². The molecule has 3 rings (SSSR count). The van der Waals surface area contributed by atoms with Gasteiger partial charge in [0.15, 0.2) is 0 Å². The maximum absolute atomic E-state index is 12.5. The van der Waals surface area contributed by atoms with Crippen molar-refractivity contribution in [1.29, 1.82) is 0 Å². The third kappa shape index (κ3) is 4.23. The van der Waals surface area contributed by atoms with E-state index in [9.17, 15) is 4.79 Å². The Bertz CT molecular complexity index is 646. The quantitative estimate of drug-likeness (QED) is 0.858. The smallest absolute Gasteiger partial charge is 0.272 e. The largest absolute Gasteiger partial charge is 0.348 e. The van der Waals surface area contributed by atoms with Crippen molar-refractivity contribution < 1.29 is 4.79 Å². The van der Waals surface area contributed by atoms with Gasteiger partial charge in [-0.25, -0.2) is 0 Å². The second-order valence-electron chi connectivity index (χ2n) is 6.45. The van der Waals surface area contributed by atoms with Crippen LogP contribution < -0.4 is 10.6 Å². The molecule has 2 aromatic rings. The van der Waals surface area contributed by atoms with Crippen LogP contribution in [0.4, 0.5) is 0 Å². The Kier molecular flexibility index (Phi) is 5.64. The van der Waals surface area contributed by atoms with Gasteiger partial charge in [-0.2, -0.15) is 5.10 Å². The van der Waals surface area contributed by atoms with E-state index in [0.717, 1.165) is 38.8 Å². The van der Waals surface area contributed by atoms with Gasteiger partial charge in [0.1, 0.15) is 5.69 Å². The van der Waals surface area contributed by atoms with Crippen molar-refractivity contribution in [2.45, 2.75) is 44.7 Å². The molecule has 2 atom stereocenters. The predicted molar refractivity (Wildman–Crippen MR) is 95.1 cm³/mol. The zero-order valence-corrected chi connectivity index (χ0v) is 14.2. The van der Waals surface area contributed by atoms with Gasteiger partial charge in [-0.15, -0.1) is 0 Å². The highest BCUT2D eigenvalue weighted by Gasteiger charge is 2.19. The fourth-order valence-corrected chi connectivity index (χ4v) is 3.18. The van der Waals surface area contributed by atoms with Crippen molar-refractivity contribution >= 4 is 5.91 Å². The molecule has 1 aliphatic heterocycles. The van der Waals surface area contributed by atoms with Crippen molar-refractivity contribution in [3.05, 3.63) is 53.9 Å². The summed E-state index contributed by atoms with van der Waals surface area (Å²) in [5, 5.41) is 11.0. The Labute approximate surface area is 143 Å². The number of hydrogen-bond acceptors (Lipinski definition) is 3. The van der Waals surface area contributed by atoms with Crippen LogP contribution in [-0.2, 0) is 6.42 Å². The molecule has 5 nitrogen and oxygen atoms in total. The van der Waals surface area contributed by atoms with Crippen LogP contribution in [0.2, 0.25) is 0 Å². The van der Waals surface area contributed by atoms with Crippen LogP contribution in [0.5, 0.6) is 0 Å². The van der Waals surface area contributed by atoms with Crippen LogP contribution >= 0.6 is 0 Å². The third-order valence-electron chi connectivity index (χ3n) is 4.64. The molecular weight excluding hydrogens is 300 g/mol. The summed E-state index contributed by atoms with van der Waals surface area (Å²) in [6.07, 6.45) is 5.93. The van der Waals surface area contributed by atoms with E-state index in [2.05, 4.69) is 34.8 Å². The monoisotopic (exact) mass is 326 g/mol. The number of carbonyl (C=O) groups excluding carboxylic acids is 1. The third-order valence-corrected chi connectivity index (χ3v) is 4.64. The number of aromatic nitrogens is 2. The standard InChI is InChI=1S/C19H26N4O/c1-2-16(13-15-7-4-3-5-8-15)21-19(24)18-10-12-23(22-18)17-9-6-11-20-14-17/h3-5,7-8,10,12,16-17,20H,2,6,9,11,13-14H2,1H3,(H,21,24). The summed E-state index contributed by atoms with van der Waals surface area (Å²) < 4.78 is 1.93. The number of benzene rings is 1. The molecule has 1 saturated heterocycles. The molecule has 1 fully saturated rings. The van der Waals surface area contributed by atoms with Crippen LogP contribution in [0.15, 0.2) is 42.6 Å². The number of nitrogens with zero attached hydrogens (tertiary/aromatic N) is 2. The summed E-state index contributed by atoms with van der Waals surface area (Å²) in [7, 11) is 0. The first kappa shape index (κ1) is 16.7. The molecule has 2 heterocycles. The van der Waals surface area contributed by atoms with E-state index in [4.69, 9.17) is 0 Å². The minimum atomic E-state index is -0.0831. The first-order valence-electron chi connectivity index (χ1n) is 8.87. The molecule has 5 heteroatoms. The Balaban J connectivity index is 1.60. The van der Waals surface area contributed by atoms with Gasteiger partial charge < -0.3 is 10.6 Å². The fraction of sp³-hybridized carbons (Fsp3) is 0.474. The van der Waals surface area contributed by atoms with E-state index in [0.29, 0.717) is 11.7 Å². The molecular formula is C19H26N4O. The van der Waals surface area contributed by atoms with Gasteiger partial charge in [0.2, 0.25) is 0 Å². The summed E-state index contributed by atoms with van der Waals surface area (Å²) in [6, 6.07) is 12.6. The summed E-state index contributed by atoms with van der Waals surface area (Å²) in [5.41, 5.74) is 1.75. The molecule has 0 bridgehead atoms. The minimum Gasteiger partial charge on any atom is -0.348 e. The van der Waals surface area contributed by atoms with Gasteiger partial charge in [0.25, 0.3) is 5.91 Å². The van der Waals surface area contributed by atoms with E-state index in [-0.39, 0.29) is 11.9 Å². The molecule has 128 valence electrons. The number of hydrogen-bond donors (Lipinski definition) is 2. The Morgan fingerprint density at radius 3 is 2.92 bits per heavy atom. The molecule has 2 unspecified atom stereocenters. The van der Waals surface area contributed by atoms with Gasteiger partial charge in [0.05, 0.1) is 6.04 Å². The molecule has 2 N–H and O–H groups in total. The van der Waals surface area contributed by atoms with Crippen molar-refractivity contribution in [2.24, 2.45) is 0 Å². The molecule has 0 spiro atoms. The lowest BCUT2D eigenvalue weighted by Crippen LogP contribution is -2.36. The number of carbonyl (C=O) groups is 1. The first-order valence-corrected chi connectivity index (χ1v) is 8.87. The zero-order chi connectivity index (χ0) is 16.8. The molecule has 0 saturated carbocycles. The number of rotatable bonds is 6. The topological polar surface area (TPSA) is 59.0 Å². The van der Waals surface area contributed by atoms with Crippen molar-refractivity contribution in [3.8, 4) is 0 Å². The average molecular weight is 326 g/mol. The van der Waals surface area contributed by atoms with E-state index < -0.39 is 0 Å². The summed E-state index contributed by atoms with van der Waals surface area (Å²) >= 11 is 0. The van der Waals surface area contributed by atoms with Crippen LogP contribution in [0.25, 0.3) is 0 Å². The summed E-state index contributed by atoms with van der Waals surface area (Å²) in [6.45, 7) is 4.09. The van der Waals surface area contributed by atoms with Crippen molar-refractivity contribution in [3.63, 3.8) is 0 Å². The van der Waals surface area contributed by atoms with Gasteiger partial charge in [-0.3, -0.25) is 9.48 Å². The molecule has 0 radical (unpaired) electrons. The molecule has 1 aromatic carbocycles. The second-order valence-corrected chi connectivity index (χ2v) is 6.45. The Morgan fingerprint density at radius 2 is 2.21 bits per heavy atom. The highest BCUT2D eigenvalue weighted by Crippen LogP contribution is 2.16. The Morgan fingerprint density at radius 1 is 1.38 bits per heavy atom. The Hall–Kier alpha value is -2.14. The van der Waals surface area contributed by atoms with Gasteiger partial charge >= 0.3 is 0 Å². The molecule has 1 aliphatic rings. The number of amides is 1. The lowest BCUT2D eigenvalue weighted by Gasteiger charge is -2.23. The summed E-state index contributed by atoms with van der Waals surface area (Å²) in [4.78, 5) is 12.5. The predicted octanol–water partition coefficient (Wildman–Crippen LogP) is 2.56. The second kappa shape index (κ2) is 8.11. The lowest BCUT2D eigenvalue weighted by atomic mass is 10.0. The van der Waals surface area contributed by atoms with Crippen LogP contribution in [0, 0.1) is 0 Å². The molecule has 24 heavy (non-hydrogen) atoms. The van der Waals surface area contributed by atoms with E-state index >= 15 is 0 Å². The maximum Gasteiger partial charge on any atom is 0.272 e. The molecule has 1 amide bonds. The van der Waals surface area contributed by atoms with Crippen LogP contribution in [0.3, 0.4) is 0 Å². The number of piperidine rings is 1. The van der Waals surface area contributed by atoms with Crippen LogP contribution in [-0.4, -0.2) is 34.8 Å². The fourth-order valence-electron chi connectivity index (χ4n) is 3.18. The average Bonchev–Trinajstić information content (AvgIpc) is 3.13. The highest BCUT2D eigenvalue weighted by atomic mass is 16.2. The SMILES string of the molecule is CCC(Cc1ccccc1)NC(=O)c1ccn(C2CCCNC2)n1. The van der Waals surface area contributed by atoms with Gasteiger partial charge in [-0.05, 0) is 43.9 Å². The van der Waals surface area contributed by atoms with Crippen molar-refractivity contribution in [2.75, 3.05) is 13.1 Å². The lowest BCUT2D eigenvalue weighted by molar-refractivity contribution is 0.0929. The normalized spacial score (nSPS) is 19.0. The number of nitrogens with one attached hydrogen (secondary N) is 2. The maximum atomic E-state index is 12.5. The zero-order valence-electron chi connectivity index (χ0n) is 14.2. The van der Waals surface area contributed by atoms with E-state index in [1.807, 2.05) is 35.1 Å². The van der Waals surface area contributed by atoms with Gasteiger partial charge in [-0.1, -0.05) is 37.3 Å². The first-order chi connectivity index (χ1) is 11.8. The molecule has 0 aliphatic carbocycles. The summed E-state index contributed by atoms with van der Waals surface area (Å²) in [5.74, 6) is -0.0831. The van der Waals surface area contributed by atoms with E-state index in [1.165, 1.54) is 5.56 Å². The minimum absolute atomic E-state index is 0.0831. The van der Waals surface area contributed by atoms with Crippen molar-refractivity contribution in [1.82, 2.24) is 20.4 Å². The molecule has 1 aromatic heterocycles. The highest BCUT2D eigenvalue weighted by molar-refractivity contribution is 5.92.